The number of hydrogen-bond acceptors (Lipinski definition) is 8. The maximum atomic E-state index is 14.3. The molecule has 3 aromatic rings. The number of amides is 4. The highest BCUT2D eigenvalue weighted by molar-refractivity contribution is 5.96. The topological polar surface area (TPSA) is 140 Å². The molecule has 2 aliphatic heterocycles. The van der Waals surface area contributed by atoms with Gasteiger partial charge in [0.1, 0.15) is 30.1 Å². The number of piperazine rings is 1. The van der Waals surface area contributed by atoms with Gasteiger partial charge in [0.2, 0.25) is 17.7 Å². The lowest BCUT2D eigenvalue weighted by Gasteiger charge is -2.55. The predicted octanol–water partition coefficient (Wildman–Crippen LogP) is 3.45. The van der Waals surface area contributed by atoms with Crippen LogP contribution in [0.4, 0.5) is 0 Å². The first-order valence-electron chi connectivity index (χ1n) is 17.0. The molecule has 12 nitrogen and oxygen atoms in total. The van der Waals surface area contributed by atoms with Crippen molar-refractivity contribution in [1.82, 2.24) is 25.1 Å². The third kappa shape index (κ3) is 9.40. The maximum Gasteiger partial charge on any atom is 0.325 e. The molecule has 2 N–H and O–H groups in total. The van der Waals surface area contributed by atoms with Crippen LogP contribution < -0.4 is 5.32 Å². The fraction of sp³-hybridized carbons (Fsp3) is 0.359. The van der Waals surface area contributed by atoms with Crippen LogP contribution in [0.2, 0.25) is 0 Å². The molecule has 5 rings (SSSR count). The van der Waals surface area contributed by atoms with Crippen LogP contribution in [0.25, 0.3) is 0 Å². The summed E-state index contributed by atoms with van der Waals surface area (Å²) in [5.74, 6) is -1.74. The first-order chi connectivity index (χ1) is 24.3. The van der Waals surface area contributed by atoms with E-state index in [1.54, 1.807) is 78.2 Å². The highest BCUT2D eigenvalue weighted by Crippen LogP contribution is 2.30. The molecule has 0 saturated carbocycles. The van der Waals surface area contributed by atoms with Crippen molar-refractivity contribution in [2.45, 2.75) is 64.4 Å². The fourth-order valence-corrected chi connectivity index (χ4v) is 6.43. The molecule has 2 saturated heterocycles. The van der Waals surface area contributed by atoms with Crippen molar-refractivity contribution in [3.8, 4) is 5.75 Å². The molecule has 12 heteroatoms. The van der Waals surface area contributed by atoms with Crippen molar-refractivity contribution in [2.75, 3.05) is 26.2 Å². The summed E-state index contributed by atoms with van der Waals surface area (Å²) in [6, 6.07) is 22.0. The predicted molar refractivity (Wildman–Crippen MR) is 190 cm³/mol. The third-order valence-corrected chi connectivity index (χ3v) is 8.64. The van der Waals surface area contributed by atoms with Gasteiger partial charge in [0.15, 0.2) is 0 Å². The molecular formula is C39H45N5O7. The summed E-state index contributed by atoms with van der Waals surface area (Å²) >= 11 is 0. The summed E-state index contributed by atoms with van der Waals surface area (Å²) in [5.41, 5.74) is 2.00. The SMILES string of the molecule is C=CCN1CC(=O)N2[C@@H](Cc3ccc(O)cc3)C(=O)N(Cc3cccc(C(=O)NCC(=O)OC(C)(C)C)c3)C[C@@H]2N1C(=O)CCc1ccccc1. The molecule has 0 aliphatic carbocycles. The van der Waals surface area contributed by atoms with E-state index in [-0.39, 0.29) is 69.0 Å². The van der Waals surface area contributed by atoms with Crippen molar-refractivity contribution in [3.63, 3.8) is 0 Å². The minimum atomic E-state index is -0.934. The van der Waals surface area contributed by atoms with Crippen molar-refractivity contribution in [3.05, 3.63) is 114 Å². The Labute approximate surface area is 298 Å². The molecule has 0 bridgehead atoms. The average Bonchev–Trinajstić information content (AvgIpc) is 3.09. The van der Waals surface area contributed by atoms with Crippen LogP contribution in [0.1, 0.15) is 54.2 Å². The third-order valence-electron chi connectivity index (χ3n) is 8.64. The number of rotatable bonds is 12. The quantitative estimate of drug-likeness (QED) is 0.217. The molecule has 2 fully saturated rings. The molecular weight excluding hydrogens is 650 g/mol. The molecule has 0 unspecified atom stereocenters. The lowest BCUT2D eigenvalue weighted by molar-refractivity contribution is -0.205. The number of nitrogens with one attached hydrogen (secondary N) is 1. The Morgan fingerprint density at radius 3 is 2.35 bits per heavy atom. The molecule has 51 heavy (non-hydrogen) atoms. The van der Waals surface area contributed by atoms with Gasteiger partial charge in [-0.25, -0.2) is 10.0 Å². The lowest BCUT2D eigenvalue weighted by atomic mass is 9.97. The second-order valence-corrected chi connectivity index (χ2v) is 13.7. The van der Waals surface area contributed by atoms with Crippen LogP contribution in [-0.2, 0) is 43.3 Å². The minimum absolute atomic E-state index is 0.0381. The van der Waals surface area contributed by atoms with Gasteiger partial charge < -0.3 is 25.0 Å². The van der Waals surface area contributed by atoms with Crippen molar-refractivity contribution in [2.24, 2.45) is 0 Å². The number of aromatic hydroxyl groups is 1. The molecule has 2 atom stereocenters. The number of hydrazine groups is 1. The van der Waals surface area contributed by atoms with E-state index in [9.17, 15) is 29.1 Å². The molecule has 3 aromatic carbocycles. The summed E-state index contributed by atoms with van der Waals surface area (Å²) in [5, 5.41) is 15.8. The van der Waals surface area contributed by atoms with E-state index >= 15 is 0 Å². The Bertz CT molecular complexity index is 1760. The van der Waals surface area contributed by atoms with E-state index in [1.807, 2.05) is 30.3 Å². The van der Waals surface area contributed by atoms with Gasteiger partial charge in [-0.3, -0.25) is 24.0 Å². The van der Waals surface area contributed by atoms with Gasteiger partial charge in [-0.15, -0.1) is 6.58 Å². The number of benzene rings is 3. The Morgan fingerprint density at radius 2 is 1.67 bits per heavy atom. The van der Waals surface area contributed by atoms with E-state index in [1.165, 1.54) is 17.0 Å². The largest absolute Gasteiger partial charge is 0.508 e. The zero-order chi connectivity index (χ0) is 36.7. The Balaban J connectivity index is 1.42. The van der Waals surface area contributed by atoms with Crippen molar-refractivity contribution in [1.29, 1.82) is 0 Å². The van der Waals surface area contributed by atoms with Gasteiger partial charge in [-0.1, -0.05) is 60.7 Å². The van der Waals surface area contributed by atoms with Crippen LogP contribution in [-0.4, -0.2) is 98.5 Å². The number of nitrogens with zero attached hydrogens (tertiary/aromatic N) is 4. The van der Waals surface area contributed by atoms with E-state index in [4.69, 9.17) is 4.74 Å². The van der Waals surface area contributed by atoms with Crippen LogP contribution in [0.3, 0.4) is 0 Å². The van der Waals surface area contributed by atoms with E-state index in [0.717, 1.165) is 11.1 Å². The van der Waals surface area contributed by atoms with Gasteiger partial charge in [-0.05, 0) is 68.1 Å². The van der Waals surface area contributed by atoms with Gasteiger partial charge in [0, 0.05) is 31.5 Å². The minimum Gasteiger partial charge on any atom is -0.508 e. The maximum absolute atomic E-state index is 14.3. The summed E-state index contributed by atoms with van der Waals surface area (Å²) in [6.45, 7) is 9.07. The smallest absolute Gasteiger partial charge is 0.325 e. The Hall–Kier alpha value is -5.49. The van der Waals surface area contributed by atoms with Crippen LogP contribution >= 0.6 is 0 Å². The molecule has 268 valence electrons. The first-order valence-corrected chi connectivity index (χ1v) is 17.0. The number of hydrogen-bond donors (Lipinski definition) is 2. The number of aryl methyl sites for hydroxylation is 1. The summed E-state index contributed by atoms with van der Waals surface area (Å²) < 4.78 is 5.28. The number of carbonyl (C=O) groups excluding carboxylic acids is 5. The number of phenolic OH excluding ortho intramolecular Hbond substituents is 1. The number of esters is 1. The van der Waals surface area contributed by atoms with E-state index in [0.29, 0.717) is 17.5 Å². The van der Waals surface area contributed by atoms with Gasteiger partial charge in [0.05, 0.1) is 13.1 Å². The summed E-state index contributed by atoms with van der Waals surface area (Å²) in [6.07, 6.45) is 1.70. The van der Waals surface area contributed by atoms with E-state index < -0.39 is 29.7 Å². The standard InChI is InChI=1S/C39H45N5O7/c1-5-20-42-26-35(47)43-32(22-28-14-17-31(45)18-15-28)38(50)41(25-33(43)44(42)34(46)19-16-27-10-7-6-8-11-27)24-29-12-9-13-30(21-29)37(49)40-23-36(48)51-39(2,3)4/h5-15,17-18,21,32-33,45H,1,16,19-20,22-26H2,2-4H3,(H,40,49)/t32-,33-/m0/s1. The average molecular weight is 696 g/mol. The van der Waals surface area contributed by atoms with Crippen LogP contribution in [0.5, 0.6) is 5.75 Å². The van der Waals surface area contributed by atoms with Crippen molar-refractivity contribution < 1.29 is 33.8 Å². The van der Waals surface area contributed by atoms with Crippen molar-refractivity contribution >= 4 is 29.6 Å². The monoisotopic (exact) mass is 695 g/mol. The molecule has 2 heterocycles. The second-order valence-electron chi connectivity index (χ2n) is 13.7. The highest BCUT2D eigenvalue weighted by atomic mass is 16.6. The van der Waals surface area contributed by atoms with Gasteiger partial charge >= 0.3 is 5.97 Å². The van der Waals surface area contributed by atoms with E-state index in [2.05, 4.69) is 11.9 Å². The van der Waals surface area contributed by atoms with Crippen LogP contribution in [0, 0.1) is 0 Å². The number of phenols is 1. The molecule has 0 spiro atoms. The Kier molecular flexibility index (Phi) is 11.6. The summed E-state index contributed by atoms with van der Waals surface area (Å²) in [7, 11) is 0. The first kappa shape index (κ1) is 36.8. The number of ether oxygens (including phenoxy) is 1. The molecule has 0 radical (unpaired) electrons. The highest BCUT2D eigenvalue weighted by Gasteiger charge is 2.51. The van der Waals surface area contributed by atoms with Gasteiger partial charge in [-0.2, -0.15) is 0 Å². The zero-order valence-electron chi connectivity index (χ0n) is 29.3. The normalized spacial score (nSPS) is 17.9. The zero-order valence-corrected chi connectivity index (χ0v) is 29.3. The lowest BCUT2D eigenvalue weighted by Crippen LogP contribution is -2.75. The fourth-order valence-electron chi connectivity index (χ4n) is 6.43. The second kappa shape index (κ2) is 16.0. The molecule has 4 amide bonds. The molecule has 2 aliphatic rings. The Morgan fingerprint density at radius 1 is 0.961 bits per heavy atom. The van der Waals surface area contributed by atoms with Gasteiger partial charge in [0.25, 0.3) is 5.91 Å². The summed E-state index contributed by atoms with van der Waals surface area (Å²) in [4.78, 5) is 70.6. The number of carbonyl (C=O) groups is 5. The van der Waals surface area contributed by atoms with Crippen LogP contribution in [0.15, 0.2) is 91.5 Å². The molecule has 0 aromatic heterocycles. The number of fused-ring (bicyclic) bond motifs is 1.